The molecule has 0 bridgehead atoms. The summed E-state index contributed by atoms with van der Waals surface area (Å²) in [5.74, 6) is 0. The molecule has 0 aliphatic heterocycles. The molecule has 5 heteroatoms. The van der Waals surface area contributed by atoms with Crippen molar-refractivity contribution in [3.8, 4) is 10.4 Å². The van der Waals surface area contributed by atoms with Gasteiger partial charge in [0.15, 0.2) is 0 Å². The molecular formula is C12H7F3OS. The van der Waals surface area contributed by atoms with Gasteiger partial charge in [0, 0.05) is 10.4 Å². The second-order valence-electron chi connectivity index (χ2n) is 3.40. The molecule has 88 valence electrons. The van der Waals surface area contributed by atoms with Crippen LogP contribution in [0.2, 0.25) is 0 Å². The first kappa shape index (κ1) is 11.9. The SMILES string of the molecule is O=Cc1ccc(-c2ccc(C(F)(F)F)s2)cc1. The monoisotopic (exact) mass is 256 g/mol. The van der Waals surface area contributed by atoms with Gasteiger partial charge < -0.3 is 0 Å². The fraction of sp³-hybridized carbons (Fsp3) is 0.0833. The Labute approximate surface area is 99.5 Å². The van der Waals surface area contributed by atoms with Gasteiger partial charge >= 0.3 is 6.18 Å². The van der Waals surface area contributed by atoms with Gasteiger partial charge in [-0.25, -0.2) is 0 Å². The maximum absolute atomic E-state index is 12.4. The van der Waals surface area contributed by atoms with Crippen LogP contribution in [0, 0.1) is 0 Å². The highest BCUT2D eigenvalue weighted by atomic mass is 32.1. The zero-order valence-corrected chi connectivity index (χ0v) is 9.31. The zero-order chi connectivity index (χ0) is 12.5. The molecule has 0 saturated carbocycles. The molecule has 0 amide bonds. The molecule has 0 saturated heterocycles. The Morgan fingerprint density at radius 3 is 2.12 bits per heavy atom. The number of aldehydes is 1. The van der Waals surface area contributed by atoms with Crippen molar-refractivity contribution in [1.82, 2.24) is 0 Å². The summed E-state index contributed by atoms with van der Waals surface area (Å²) in [5, 5.41) is 0. The number of thiophene rings is 1. The Hall–Kier alpha value is -1.62. The van der Waals surface area contributed by atoms with Crippen LogP contribution in [0.25, 0.3) is 10.4 Å². The third kappa shape index (κ3) is 2.55. The first-order valence-corrected chi connectivity index (χ1v) is 5.55. The molecule has 1 heterocycles. The van der Waals surface area contributed by atoms with E-state index in [-0.39, 0.29) is 0 Å². The number of benzene rings is 1. The van der Waals surface area contributed by atoms with Crippen LogP contribution in [0.5, 0.6) is 0 Å². The van der Waals surface area contributed by atoms with Gasteiger partial charge in [-0.2, -0.15) is 13.2 Å². The molecule has 1 aromatic carbocycles. The van der Waals surface area contributed by atoms with Crippen molar-refractivity contribution in [1.29, 1.82) is 0 Å². The average molecular weight is 256 g/mol. The number of hydrogen-bond acceptors (Lipinski definition) is 2. The van der Waals surface area contributed by atoms with Crippen LogP contribution in [0.15, 0.2) is 36.4 Å². The van der Waals surface area contributed by atoms with E-state index in [1.807, 2.05) is 0 Å². The Morgan fingerprint density at radius 1 is 1.00 bits per heavy atom. The van der Waals surface area contributed by atoms with E-state index < -0.39 is 11.1 Å². The lowest BCUT2D eigenvalue weighted by molar-refractivity contribution is -0.134. The van der Waals surface area contributed by atoms with Gasteiger partial charge in [0.25, 0.3) is 0 Å². The minimum Gasteiger partial charge on any atom is -0.298 e. The number of alkyl halides is 3. The van der Waals surface area contributed by atoms with E-state index >= 15 is 0 Å². The van der Waals surface area contributed by atoms with E-state index in [9.17, 15) is 18.0 Å². The van der Waals surface area contributed by atoms with Gasteiger partial charge in [0.05, 0.1) is 0 Å². The molecule has 1 nitrogen and oxygen atoms in total. The van der Waals surface area contributed by atoms with Gasteiger partial charge in [0.2, 0.25) is 0 Å². The third-order valence-electron chi connectivity index (χ3n) is 2.22. The topological polar surface area (TPSA) is 17.1 Å². The van der Waals surface area contributed by atoms with E-state index in [4.69, 9.17) is 0 Å². The fourth-order valence-electron chi connectivity index (χ4n) is 1.37. The number of carbonyl (C=O) groups excluding carboxylic acids is 1. The molecule has 0 radical (unpaired) electrons. The van der Waals surface area contributed by atoms with Crippen LogP contribution in [-0.4, -0.2) is 6.29 Å². The highest BCUT2D eigenvalue weighted by molar-refractivity contribution is 7.15. The first-order valence-electron chi connectivity index (χ1n) is 4.73. The second-order valence-corrected chi connectivity index (χ2v) is 4.49. The van der Waals surface area contributed by atoms with Crippen molar-refractivity contribution in [3.05, 3.63) is 46.8 Å². The smallest absolute Gasteiger partial charge is 0.298 e. The second kappa shape index (κ2) is 4.33. The molecule has 0 aliphatic rings. The summed E-state index contributed by atoms with van der Waals surface area (Å²) in [7, 11) is 0. The van der Waals surface area contributed by atoms with Crippen molar-refractivity contribution in [2.24, 2.45) is 0 Å². The molecule has 0 unspecified atom stereocenters. The Bertz CT molecular complexity index is 525. The molecule has 0 aliphatic carbocycles. The van der Waals surface area contributed by atoms with Gasteiger partial charge in [-0.05, 0) is 17.7 Å². The average Bonchev–Trinajstić information content (AvgIpc) is 2.78. The fourth-order valence-corrected chi connectivity index (χ4v) is 2.25. The summed E-state index contributed by atoms with van der Waals surface area (Å²) in [4.78, 5) is 10.4. The van der Waals surface area contributed by atoms with Crippen molar-refractivity contribution < 1.29 is 18.0 Å². The Balaban J connectivity index is 2.33. The van der Waals surface area contributed by atoms with Gasteiger partial charge in [-0.3, -0.25) is 4.79 Å². The quantitative estimate of drug-likeness (QED) is 0.734. The number of hydrogen-bond donors (Lipinski definition) is 0. The maximum Gasteiger partial charge on any atom is 0.425 e. The summed E-state index contributed by atoms with van der Waals surface area (Å²) >= 11 is 0.693. The van der Waals surface area contributed by atoms with Crippen LogP contribution in [0.4, 0.5) is 13.2 Å². The number of rotatable bonds is 2. The van der Waals surface area contributed by atoms with E-state index in [0.717, 1.165) is 6.07 Å². The lowest BCUT2D eigenvalue weighted by atomic mass is 10.1. The molecule has 1 aromatic heterocycles. The lowest BCUT2D eigenvalue weighted by Gasteiger charge is -2.01. The largest absolute Gasteiger partial charge is 0.425 e. The van der Waals surface area contributed by atoms with Crippen molar-refractivity contribution in [2.75, 3.05) is 0 Å². The highest BCUT2D eigenvalue weighted by Gasteiger charge is 2.32. The third-order valence-corrected chi connectivity index (χ3v) is 3.40. The summed E-state index contributed by atoms with van der Waals surface area (Å²) in [5.41, 5.74) is 1.18. The van der Waals surface area contributed by atoms with Crippen molar-refractivity contribution in [2.45, 2.75) is 6.18 Å². The van der Waals surface area contributed by atoms with Gasteiger partial charge in [-0.1, -0.05) is 24.3 Å². The van der Waals surface area contributed by atoms with Crippen molar-refractivity contribution >= 4 is 17.6 Å². The summed E-state index contributed by atoms with van der Waals surface area (Å²) in [6, 6.07) is 8.92. The lowest BCUT2D eigenvalue weighted by Crippen LogP contribution is -2.00. The molecule has 17 heavy (non-hydrogen) atoms. The molecule has 0 fully saturated rings. The molecule has 0 spiro atoms. The van der Waals surface area contributed by atoms with Crippen LogP contribution in [0.3, 0.4) is 0 Å². The first-order chi connectivity index (χ1) is 8.00. The summed E-state index contributed by atoms with van der Waals surface area (Å²) < 4.78 is 37.2. The van der Waals surface area contributed by atoms with E-state index in [2.05, 4.69) is 0 Å². The number of halogens is 3. The van der Waals surface area contributed by atoms with Crippen molar-refractivity contribution in [3.63, 3.8) is 0 Å². The molecule has 2 rings (SSSR count). The normalized spacial score (nSPS) is 11.5. The molecular weight excluding hydrogens is 249 g/mol. The Kier molecular flexibility index (Phi) is 3.02. The minimum absolute atomic E-state index is 0.501. The zero-order valence-electron chi connectivity index (χ0n) is 8.49. The highest BCUT2D eigenvalue weighted by Crippen LogP contribution is 2.38. The minimum atomic E-state index is -4.30. The maximum atomic E-state index is 12.4. The van der Waals surface area contributed by atoms with Gasteiger partial charge in [-0.15, -0.1) is 11.3 Å². The standard InChI is InChI=1S/C12H7F3OS/c13-12(14,15)11-6-5-10(17-11)9-3-1-8(7-16)2-4-9/h1-7H. The van der Waals surface area contributed by atoms with E-state index in [1.54, 1.807) is 24.3 Å². The van der Waals surface area contributed by atoms with Gasteiger partial charge in [0.1, 0.15) is 11.2 Å². The van der Waals surface area contributed by atoms with Crippen LogP contribution >= 0.6 is 11.3 Å². The molecule has 0 atom stereocenters. The van der Waals surface area contributed by atoms with Crippen LogP contribution in [-0.2, 0) is 6.18 Å². The number of carbonyl (C=O) groups is 1. The Morgan fingerprint density at radius 2 is 1.65 bits per heavy atom. The predicted octanol–water partition coefficient (Wildman–Crippen LogP) is 4.25. The molecule has 2 aromatic rings. The van der Waals surface area contributed by atoms with E-state index in [0.29, 0.717) is 33.6 Å². The summed E-state index contributed by atoms with van der Waals surface area (Å²) in [6.45, 7) is 0. The van der Waals surface area contributed by atoms with Crippen LogP contribution < -0.4 is 0 Å². The summed E-state index contributed by atoms with van der Waals surface area (Å²) in [6.07, 6.45) is -3.61. The van der Waals surface area contributed by atoms with E-state index in [1.165, 1.54) is 6.07 Å². The predicted molar refractivity (Wildman–Crippen MR) is 60.1 cm³/mol. The van der Waals surface area contributed by atoms with Crippen LogP contribution in [0.1, 0.15) is 15.2 Å². The molecule has 0 N–H and O–H groups in total.